The molecule has 8 nitrogen and oxygen atoms in total. The number of esters is 1. The SMILES string of the molecule is CCc1cc2c(N3CCN(C(=O)CC(F)(F)F)CC3)nc(OC[C@H]3CCOC3=O)nc2s1. The van der Waals surface area contributed by atoms with Crippen molar-refractivity contribution in [1.29, 1.82) is 0 Å². The van der Waals surface area contributed by atoms with Crippen molar-refractivity contribution in [2.24, 2.45) is 5.92 Å². The zero-order valence-electron chi connectivity index (χ0n) is 17.5. The van der Waals surface area contributed by atoms with Crippen LogP contribution < -0.4 is 9.64 Å². The molecule has 1 amide bonds. The average molecular weight is 472 g/mol. The maximum absolute atomic E-state index is 12.5. The molecule has 1 atom stereocenters. The lowest BCUT2D eigenvalue weighted by molar-refractivity contribution is -0.161. The number of hydrogen-bond acceptors (Lipinski definition) is 8. The van der Waals surface area contributed by atoms with E-state index in [1.807, 2.05) is 17.9 Å². The highest BCUT2D eigenvalue weighted by Gasteiger charge is 2.35. The third kappa shape index (κ3) is 5.05. The summed E-state index contributed by atoms with van der Waals surface area (Å²) in [7, 11) is 0. The molecule has 4 rings (SSSR count). The number of piperazine rings is 1. The number of carbonyl (C=O) groups is 2. The molecule has 2 aliphatic heterocycles. The van der Waals surface area contributed by atoms with E-state index in [1.54, 1.807) is 0 Å². The Kier molecular flexibility index (Phi) is 6.40. The Balaban J connectivity index is 1.51. The summed E-state index contributed by atoms with van der Waals surface area (Å²) in [5, 5.41) is 0.842. The van der Waals surface area contributed by atoms with E-state index in [2.05, 4.69) is 9.97 Å². The zero-order valence-corrected chi connectivity index (χ0v) is 18.3. The number of halogens is 3. The molecule has 0 saturated carbocycles. The topological polar surface area (TPSA) is 84.9 Å². The lowest BCUT2D eigenvalue weighted by atomic mass is 10.1. The molecular formula is C20H23F3N4O4S. The van der Waals surface area contributed by atoms with E-state index >= 15 is 0 Å². The molecule has 0 spiro atoms. The second-order valence-electron chi connectivity index (χ2n) is 7.74. The molecule has 2 fully saturated rings. The second kappa shape index (κ2) is 9.08. The highest BCUT2D eigenvalue weighted by Crippen LogP contribution is 2.34. The van der Waals surface area contributed by atoms with E-state index in [-0.39, 0.29) is 37.6 Å². The number of ether oxygens (including phenoxy) is 2. The normalized spacial score (nSPS) is 19.5. The number of nitrogens with zero attached hydrogens (tertiary/aromatic N) is 4. The van der Waals surface area contributed by atoms with Crippen molar-refractivity contribution in [3.8, 4) is 6.01 Å². The first-order chi connectivity index (χ1) is 15.2. The van der Waals surface area contributed by atoms with Gasteiger partial charge in [0.2, 0.25) is 5.91 Å². The van der Waals surface area contributed by atoms with E-state index in [1.165, 1.54) is 16.2 Å². The van der Waals surface area contributed by atoms with Crippen molar-refractivity contribution in [1.82, 2.24) is 14.9 Å². The van der Waals surface area contributed by atoms with Gasteiger partial charge >= 0.3 is 18.2 Å². The van der Waals surface area contributed by atoms with Crippen molar-refractivity contribution in [2.75, 3.05) is 44.3 Å². The highest BCUT2D eigenvalue weighted by molar-refractivity contribution is 7.18. The summed E-state index contributed by atoms with van der Waals surface area (Å²) >= 11 is 1.52. The van der Waals surface area contributed by atoms with Crippen LogP contribution in [0.1, 0.15) is 24.6 Å². The minimum absolute atomic E-state index is 0.121. The van der Waals surface area contributed by atoms with Gasteiger partial charge in [0, 0.05) is 31.1 Å². The first kappa shape index (κ1) is 22.6. The third-order valence-electron chi connectivity index (χ3n) is 5.49. The van der Waals surface area contributed by atoms with Crippen molar-refractivity contribution in [3.05, 3.63) is 10.9 Å². The van der Waals surface area contributed by atoms with Crippen LogP contribution in [0.2, 0.25) is 0 Å². The number of hydrogen-bond donors (Lipinski definition) is 0. The number of alkyl halides is 3. The minimum Gasteiger partial charge on any atom is -0.465 e. The number of aromatic nitrogens is 2. The molecule has 0 aromatic carbocycles. The van der Waals surface area contributed by atoms with Gasteiger partial charge in [-0.05, 0) is 18.9 Å². The van der Waals surface area contributed by atoms with E-state index in [4.69, 9.17) is 9.47 Å². The number of aryl methyl sites for hydroxylation is 1. The lowest BCUT2D eigenvalue weighted by Crippen LogP contribution is -2.49. The van der Waals surface area contributed by atoms with Crippen molar-refractivity contribution < 1.29 is 32.2 Å². The first-order valence-electron chi connectivity index (χ1n) is 10.4. The molecule has 2 aliphatic rings. The van der Waals surface area contributed by atoms with E-state index < -0.39 is 18.5 Å². The van der Waals surface area contributed by atoms with Gasteiger partial charge in [0.15, 0.2) is 0 Å². The maximum atomic E-state index is 12.5. The molecule has 0 radical (unpaired) electrons. The predicted molar refractivity (Wildman–Crippen MR) is 111 cm³/mol. The molecule has 4 heterocycles. The quantitative estimate of drug-likeness (QED) is 0.598. The molecule has 0 N–H and O–H groups in total. The molecule has 2 aromatic rings. The molecule has 12 heteroatoms. The van der Waals surface area contributed by atoms with Gasteiger partial charge in [-0.25, -0.2) is 0 Å². The molecule has 32 heavy (non-hydrogen) atoms. The average Bonchev–Trinajstić information content (AvgIpc) is 3.36. The van der Waals surface area contributed by atoms with Gasteiger partial charge in [0.1, 0.15) is 23.7 Å². The van der Waals surface area contributed by atoms with Crippen molar-refractivity contribution >= 4 is 39.2 Å². The molecule has 0 bridgehead atoms. The fraction of sp³-hybridized carbons (Fsp3) is 0.600. The Morgan fingerprint density at radius 1 is 1.28 bits per heavy atom. The first-order valence-corrected chi connectivity index (χ1v) is 11.2. The van der Waals surface area contributed by atoms with Gasteiger partial charge in [-0.2, -0.15) is 23.1 Å². The molecule has 2 saturated heterocycles. The van der Waals surface area contributed by atoms with Gasteiger partial charge in [-0.3, -0.25) is 9.59 Å². The van der Waals surface area contributed by atoms with Crippen LogP contribution in [0.25, 0.3) is 10.2 Å². The van der Waals surface area contributed by atoms with Crippen LogP contribution in [0.15, 0.2) is 6.07 Å². The molecule has 174 valence electrons. The van der Waals surface area contributed by atoms with E-state index in [9.17, 15) is 22.8 Å². The van der Waals surface area contributed by atoms with Gasteiger partial charge in [-0.1, -0.05) is 6.92 Å². The van der Waals surface area contributed by atoms with Crippen LogP contribution in [-0.2, 0) is 20.7 Å². The number of amides is 1. The minimum atomic E-state index is -4.52. The summed E-state index contributed by atoms with van der Waals surface area (Å²) in [6, 6.07) is 2.15. The monoisotopic (exact) mass is 472 g/mol. The fourth-order valence-electron chi connectivity index (χ4n) is 3.73. The second-order valence-corrected chi connectivity index (χ2v) is 8.85. The van der Waals surface area contributed by atoms with Crippen molar-refractivity contribution in [2.45, 2.75) is 32.4 Å². The summed E-state index contributed by atoms with van der Waals surface area (Å²) in [5.41, 5.74) is 0. The van der Waals surface area contributed by atoms with Gasteiger partial charge in [0.25, 0.3) is 0 Å². The van der Waals surface area contributed by atoms with E-state index in [0.717, 1.165) is 21.5 Å². The molecular weight excluding hydrogens is 449 g/mol. The van der Waals surface area contributed by atoms with E-state index in [0.29, 0.717) is 31.9 Å². The fourth-order valence-corrected chi connectivity index (χ4v) is 4.69. The van der Waals surface area contributed by atoms with Gasteiger partial charge in [0.05, 0.1) is 17.9 Å². The van der Waals surface area contributed by atoms with Crippen LogP contribution in [-0.4, -0.2) is 72.3 Å². The largest absolute Gasteiger partial charge is 0.465 e. The number of cyclic esters (lactones) is 1. The summed E-state index contributed by atoms with van der Waals surface area (Å²) in [6.07, 6.45) is -4.56. The third-order valence-corrected chi connectivity index (χ3v) is 6.67. The summed E-state index contributed by atoms with van der Waals surface area (Å²) < 4.78 is 48.3. The van der Waals surface area contributed by atoms with Gasteiger partial charge in [-0.15, -0.1) is 11.3 Å². The number of anilines is 1. The predicted octanol–water partition coefficient (Wildman–Crippen LogP) is 2.80. The Labute approximate surface area is 186 Å². The standard InChI is InChI=1S/C20H23F3N4O4S/c1-2-13-9-14-16(27-6-4-26(5-7-27)15(28)10-20(21,22)23)24-19(25-17(14)32-13)31-11-12-3-8-30-18(12)29/h9,12H,2-8,10-11H2,1H3/t12-/m1/s1. The Bertz CT molecular complexity index is 1000. The lowest BCUT2D eigenvalue weighted by Gasteiger charge is -2.35. The zero-order chi connectivity index (χ0) is 22.9. The Morgan fingerprint density at radius 3 is 2.66 bits per heavy atom. The summed E-state index contributed by atoms with van der Waals surface area (Å²) in [4.78, 5) is 37.7. The molecule has 0 unspecified atom stereocenters. The molecule has 2 aromatic heterocycles. The Morgan fingerprint density at radius 2 is 2.03 bits per heavy atom. The number of fused-ring (bicyclic) bond motifs is 1. The summed E-state index contributed by atoms with van der Waals surface area (Å²) in [5.74, 6) is -0.940. The van der Waals surface area contributed by atoms with Crippen molar-refractivity contribution in [3.63, 3.8) is 0 Å². The van der Waals surface area contributed by atoms with Crippen LogP contribution in [0.3, 0.4) is 0 Å². The summed E-state index contributed by atoms with van der Waals surface area (Å²) in [6.45, 7) is 3.58. The van der Waals surface area contributed by atoms with Crippen LogP contribution in [0, 0.1) is 5.92 Å². The number of carbonyl (C=O) groups excluding carboxylic acids is 2. The number of rotatable bonds is 6. The van der Waals surface area contributed by atoms with Crippen LogP contribution in [0.5, 0.6) is 6.01 Å². The van der Waals surface area contributed by atoms with Crippen LogP contribution >= 0.6 is 11.3 Å². The number of thiophene rings is 1. The van der Waals surface area contributed by atoms with Crippen LogP contribution in [0.4, 0.5) is 19.0 Å². The maximum Gasteiger partial charge on any atom is 0.397 e. The smallest absolute Gasteiger partial charge is 0.397 e. The Hall–Kier alpha value is -2.63. The highest BCUT2D eigenvalue weighted by atomic mass is 32.1. The molecule has 0 aliphatic carbocycles. The van der Waals surface area contributed by atoms with Gasteiger partial charge < -0.3 is 19.3 Å².